The fourth-order valence-corrected chi connectivity index (χ4v) is 2.83. The number of benzene rings is 1. The monoisotopic (exact) mass is 424 g/mol. The van der Waals surface area contributed by atoms with Gasteiger partial charge in [-0.2, -0.15) is 22.3 Å². The topological polar surface area (TPSA) is 70.4 Å². The molecule has 0 aliphatic heterocycles. The summed E-state index contributed by atoms with van der Waals surface area (Å²) in [5.41, 5.74) is 1.04. The molecule has 0 atom stereocenters. The molecule has 0 spiro atoms. The van der Waals surface area contributed by atoms with Crippen LogP contribution in [0.4, 0.5) is 8.78 Å². The predicted molar refractivity (Wildman–Crippen MR) is 87.4 cm³/mol. The Morgan fingerprint density at radius 1 is 1.33 bits per heavy atom. The highest BCUT2D eigenvalue weighted by Crippen LogP contribution is 2.33. The van der Waals surface area contributed by atoms with E-state index in [0.29, 0.717) is 28.7 Å². The molecule has 0 saturated heterocycles. The average molecular weight is 425 g/mol. The Bertz CT molecular complexity index is 796. The van der Waals surface area contributed by atoms with Crippen molar-refractivity contribution in [1.82, 2.24) is 9.78 Å². The van der Waals surface area contributed by atoms with Gasteiger partial charge in [0.25, 0.3) is 10.1 Å². The Labute approximate surface area is 146 Å². The Hall–Kier alpha value is -1.52. The van der Waals surface area contributed by atoms with Crippen LogP contribution in [0.3, 0.4) is 0 Å². The molecule has 2 rings (SSSR count). The second-order valence-electron chi connectivity index (χ2n) is 4.84. The quantitative estimate of drug-likeness (QED) is 0.480. The van der Waals surface area contributed by atoms with Gasteiger partial charge in [0, 0.05) is 22.8 Å². The van der Waals surface area contributed by atoms with Gasteiger partial charge in [0.05, 0.1) is 18.6 Å². The lowest BCUT2D eigenvalue weighted by molar-refractivity contribution is -0.0495. The second-order valence-corrected chi connectivity index (χ2v) is 7.40. The summed E-state index contributed by atoms with van der Waals surface area (Å²) in [5.74, 6) is 0.0218. The molecule has 1 aromatic carbocycles. The van der Waals surface area contributed by atoms with Gasteiger partial charge in [0.1, 0.15) is 5.75 Å². The molecule has 24 heavy (non-hydrogen) atoms. The van der Waals surface area contributed by atoms with Crippen LogP contribution < -0.4 is 4.74 Å². The summed E-state index contributed by atoms with van der Waals surface area (Å²) in [6.45, 7) is -2.57. The number of halogens is 3. The second kappa shape index (κ2) is 8.04. The largest absolute Gasteiger partial charge is 0.434 e. The summed E-state index contributed by atoms with van der Waals surface area (Å²) in [5, 5.41) is 4.13. The van der Waals surface area contributed by atoms with Gasteiger partial charge in [-0.05, 0) is 30.7 Å². The van der Waals surface area contributed by atoms with E-state index in [1.54, 1.807) is 22.9 Å². The van der Waals surface area contributed by atoms with Gasteiger partial charge >= 0.3 is 6.61 Å². The van der Waals surface area contributed by atoms with Crippen LogP contribution in [0.5, 0.6) is 5.75 Å². The van der Waals surface area contributed by atoms with Crippen molar-refractivity contribution in [2.45, 2.75) is 19.6 Å². The SMILES string of the molecule is CS(=O)(=O)OCCCn1nccc1-c1ccc(Br)cc1OC(F)F. The summed E-state index contributed by atoms with van der Waals surface area (Å²) in [6.07, 6.45) is 2.90. The van der Waals surface area contributed by atoms with E-state index in [2.05, 4.69) is 29.9 Å². The molecule has 0 bridgehead atoms. The van der Waals surface area contributed by atoms with Gasteiger partial charge in [-0.3, -0.25) is 8.86 Å². The van der Waals surface area contributed by atoms with Crippen molar-refractivity contribution in [3.8, 4) is 17.0 Å². The number of rotatable bonds is 8. The minimum absolute atomic E-state index is 0.0128. The zero-order chi connectivity index (χ0) is 17.7. The van der Waals surface area contributed by atoms with Gasteiger partial charge in [-0.1, -0.05) is 15.9 Å². The van der Waals surface area contributed by atoms with Gasteiger partial charge in [0.15, 0.2) is 0 Å². The van der Waals surface area contributed by atoms with Crippen LogP contribution in [0.25, 0.3) is 11.3 Å². The van der Waals surface area contributed by atoms with Crippen molar-refractivity contribution in [3.63, 3.8) is 0 Å². The van der Waals surface area contributed by atoms with E-state index >= 15 is 0 Å². The molecule has 132 valence electrons. The average Bonchev–Trinajstić information content (AvgIpc) is 2.90. The lowest BCUT2D eigenvalue weighted by atomic mass is 10.1. The summed E-state index contributed by atoms with van der Waals surface area (Å²) in [4.78, 5) is 0. The summed E-state index contributed by atoms with van der Waals surface area (Å²) in [7, 11) is -3.49. The number of nitrogens with zero attached hydrogens (tertiary/aromatic N) is 2. The molecular formula is C14H15BrF2N2O4S. The van der Waals surface area contributed by atoms with E-state index in [9.17, 15) is 17.2 Å². The van der Waals surface area contributed by atoms with Gasteiger partial charge < -0.3 is 4.74 Å². The maximum Gasteiger partial charge on any atom is 0.387 e. The zero-order valence-corrected chi connectivity index (χ0v) is 15.1. The first kappa shape index (κ1) is 18.8. The fourth-order valence-electron chi connectivity index (χ4n) is 2.07. The first-order chi connectivity index (χ1) is 11.3. The molecule has 0 radical (unpaired) electrons. The van der Waals surface area contributed by atoms with E-state index in [1.165, 1.54) is 12.3 Å². The lowest BCUT2D eigenvalue weighted by Crippen LogP contribution is -2.09. The molecule has 0 fully saturated rings. The smallest absolute Gasteiger partial charge is 0.387 e. The molecule has 10 heteroatoms. The highest BCUT2D eigenvalue weighted by Gasteiger charge is 2.15. The highest BCUT2D eigenvalue weighted by atomic mass is 79.9. The maximum absolute atomic E-state index is 12.6. The first-order valence-corrected chi connectivity index (χ1v) is 9.48. The predicted octanol–water partition coefficient (Wildman–Crippen LogP) is 3.28. The number of aryl methyl sites for hydroxylation is 1. The lowest BCUT2D eigenvalue weighted by Gasteiger charge is -2.13. The van der Waals surface area contributed by atoms with Crippen molar-refractivity contribution in [2.24, 2.45) is 0 Å². The normalized spacial score (nSPS) is 11.9. The van der Waals surface area contributed by atoms with Crippen molar-refractivity contribution < 1.29 is 26.1 Å². The zero-order valence-electron chi connectivity index (χ0n) is 12.7. The number of ether oxygens (including phenoxy) is 1. The van der Waals surface area contributed by atoms with E-state index in [1.807, 2.05) is 0 Å². The van der Waals surface area contributed by atoms with Crippen LogP contribution in [-0.4, -0.2) is 37.7 Å². The van der Waals surface area contributed by atoms with Crippen LogP contribution in [0.2, 0.25) is 0 Å². The first-order valence-electron chi connectivity index (χ1n) is 6.87. The molecule has 1 aromatic heterocycles. The molecule has 0 N–H and O–H groups in total. The summed E-state index contributed by atoms with van der Waals surface area (Å²) in [6, 6.07) is 6.46. The molecule has 0 saturated carbocycles. The molecular weight excluding hydrogens is 410 g/mol. The molecule has 2 aromatic rings. The fraction of sp³-hybridized carbons (Fsp3) is 0.357. The standard InChI is InChI=1S/C14H15BrF2N2O4S/c1-24(20,21)22-8-2-7-19-12(5-6-18-19)11-4-3-10(15)9-13(11)23-14(16)17/h3-6,9,14H,2,7-8H2,1H3. The van der Waals surface area contributed by atoms with Crippen LogP contribution >= 0.6 is 15.9 Å². The number of alkyl halides is 2. The minimum Gasteiger partial charge on any atom is -0.434 e. The maximum atomic E-state index is 12.6. The molecule has 0 aliphatic carbocycles. The van der Waals surface area contributed by atoms with E-state index in [-0.39, 0.29) is 12.4 Å². The van der Waals surface area contributed by atoms with Gasteiger partial charge in [0.2, 0.25) is 0 Å². The third kappa shape index (κ3) is 5.53. The Balaban J connectivity index is 2.17. The molecule has 0 unspecified atom stereocenters. The van der Waals surface area contributed by atoms with E-state index < -0.39 is 16.7 Å². The Kier molecular flexibility index (Phi) is 6.30. The van der Waals surface area contributed by atoms with Crippen molar-refractivity contribution in [1.29, 1.82) is 0 Å². The van der Waals surface area contributed by atoms with Crippen molar-refractivity contribution in [2.75, 3.05) is 12.9 Å². The Morgan fingerprint density at radius 3 is 2.75 bits per heavy atom. The minimum atomic E-state index is -3.49. The van der Waals surface area contributed by atoms with Crippen molar-refractivity contribution in [3.05, 3.63) is 34.9 Å². The third-order valence-corrected chi connectivity index (χ3v) is 4.05. The van der Waals surface area contributed by atoms with E-state index in [4.69, 9.17) is 0 Å². The van der Waals surface area contributed by atoms with Crippen LogP contribution in [0.1, 0.15) is 6.42 Å². The molecule has 1 heterocycles. The van der Waals surface area contributed by atoms with Crippen molar-refractivity contribution >= 4 is 26.0 Å². The number of aromatic nitrogens is 2. The Morgan fingerprint density at radius 2 is 2.08 bits per heavy atom. The van der Waals surface area contributed by atoms with Gasteiger partial charge in [-0.25, -0.2) is 0 Å². The summed E-state index contributed by atoms with van der Waals surface area (Å²) >= 11 is 3.22. The van der Waals surface area contributed by atoms with Crippen LogP contribution in [-0.2, 0) is 20.8 Å². The number of hydrogen-bond acceptors (Lipinski definition) is 5. The molecule has 6 nitrogen and oxygen atoms in total. The highest BCUT2D eigenvalue weighted by molar-refractivity contribution is 9.10. The van der Waals surface area contributed by atoms with Crippen LogP contribution in [0, 0.1) is 0 Å². The summed E-state index contributed by atoms with van der Waals surface area (Å²) < 4.78 is 58.5. The third-order valence-electron chi connectivity index (χ3n) is 2.96. The van der Waals surface area contributed by atoms with Gasteiger partial charge in [-0.15, -0.1) is 0 Å². The molecule has 0 amide bonds. The van der Waals surface area contributed by atoms with E-state index in [0.717, 1.165) is 6.26 Å². The van der Waals surface area contributed by atoms with Crippen LogP contribution in [0.15, 0.2) is 34.9 Å². The molecule has 0 aliphatic rings. The number of hydrogen-bond donors (Lipinski definition) is 0.